The molecular formula is C15H25N3O2S. The molecule has 1 unspecified atom stereocenters. The monoisotopic (exact) mass is 311 g/mol. The summed E-state index contributed by atoms with van der Waals surface area (Å²) in [5, 5.41) is -0.220. The van der Waals surface area contributed by atoms with Crippen LogP contribution in [-0.4, -0.2) is 43.0 Å². The van der Waals surface area contributed by atoms with Gasteiger partial charge in [-0.1, -0.05) is 13.8 Å². The van der Waals surface area contributed by atoms with E-state index in [9.17, 15) is 8.42 Å². The number of hydrogen-bond acceptors (Lipinski definition) is 5. The van der Waals surface area contributed by atoms with E-state index >= 15 is 0 Å². The summed E-state index contributed by atoms with van der Waals surface area (Å²) in [4.78, 5) is 11.4. The molecule has 0 radical (unpaired) electrons. The van der Waals surface area contributed by atoms with E-state index in [0.717, 1.165) is 49.6 Å². The normalized spacial score (nSPS) is 20.3. The summed E-state index contributed by atoms with van der Waals surface area (Å²) in [5.41, 5.74) is 2.11. The van der Waals surface area contributed by atoms with E-state index in [1.807, 2.05) is 0 Å². The maximum absolute atomic E-state index is 11.7. The van der Waals surface area contributed by atoms with Crippen LogP contribution in [0.4, 0.5) is 5.95 Å². The second-order valence-electron chi connectivity index (χ2n) is 5.73. The molecule has 1 aromatic rings. The predicted molar refractivity (Wildman–Crippen MR) is 85.5 cm³/mol. The summed E-state index contributed by atoms with van der Waals surface area (Å²) in [6.07, 6.45) is 5.41. The van der Waals surface area contributed by atoms with E-state index in [0.29, 0.717) is 13.0 Å². The molecule has 5 nitrogen and oxygen atoms in total. The van der Waals surface area contributed by atoms with Crippen molar-refractivity contribution in [2.75, 3.05) is 24.2 Å². The van der Waals surface area contributed by atoms with E-state index in [2.05, 4.69) is 34.8 Å². The molecule has 21 heavy (non-hydrogen) atoms. The van der Waals surface area contributed by atoms with Crippen LogP contribution < -0.4 is 4.90 Å². The van der Waals surface area contributed by atoms with Crippen molar-refractivity contribution in [2.45, 2.75) is 51.2 Å². The summed E-state index contributed by atoms with van der Waals surface area (Å²) >= 11 is 0. The van der Waals surface area contributed by atoms with Crippen LogP contribution in [0.15, 0.2) is 6.07 Å². The van der Waals surface area contributed by atoms with Crippen LogP contribution in [0.3, 0.4) is 0 Å². The van der Waals surface area contributed by atoms with E-state index in [4.69, 9.17) is 0 Å². The van der Waals surface area contributed by atoms with Crippen LogP contribution in [-0.2, 0) is 22.7 Å². The number of anilines is 1. The first-order valence-electron chi connectivity index (χ1n) is 7.74. The minimum Gasteiger partial charge on any atom is -0.341 e. The first-order valence-corrected chi connectivity index (χ1v) is 9.70. The molecule has 1 aliphatic rings. The lowest BCUT2D eigenvalue weighted by Crippen LogP contribution is -2.28. The highest BCUT2D eigenvalue weighted by Crippen LogP contribution is 2.21. The van der Waals surface area contributed by atoms with Gasteiger partial charge in [-0.05, 0) is 38.2 Å². The zero-order chi connectivity index (χ0) is 15.5. The minimum atomic E-state index is -2.95. The van der Waals surface area contributed by atoms with Gasteiger partial charge in [0.1, 0.15) is 9.84 Å². The smallest absolute Gasteiger partial charge is 0.225 e. The van der Waals surface area contributed by atoms with Crippen molar-refractivity contribution in [1.82, 2.24) is 9.97 Å². The SMILES string of the molecule is CCc1cc(CC)nc(N2CCCC(S(C)(=O)=O)CC2)n1. The highest BCUT2D eigenvalue weighted by atomic mass is 32.2. The van der Waals surface area contributed by atoms with Gasteiger partial charge in [0.25, 0.3) is 0 Å². The molecule has 118 valence electrons. The van der Waals surface area contributed by atoms with Crippen molar-refractivity contribution in [3.05, 3.63) is 17.5 Å². The summed E-state index contributed by atoms with van der Waals surface area (Å²) in [6.45, 7) is 5.73. The third-order valence-corrected chi connectivity index (χ3v) is 5.79. The maximum Gasteiger partial charge on any atom is 0.225 e. The molecule has 1 saturated heterocycles. The van der Waals surface area contributed by atoms with Crippen LogP contribution in [0.2, 0.25) is 0 Å². The molecule has 0 N–H and O–H groups in total. The average Bonchev–Trinajstić information content (AvgIpc) is 2.72. The molecule has 0 bridgehead atoms. The molecular weight excluding hydrogens is 286 g/mol. The van der Waals surface area contributed by atoms with Gasteiger partial charge in [0.05, 0.1) is 5.25 Å². The molecule has 1 aliphatic heterocycles. The third-order valence-electron chi connectivity index (χ3n) is 4.11. The second-order valence-corrected chi connectivity index (χ2v) is 8.05. The Labute approximate surface area is 127 Å². The van der Waals surface area contributed by atoms with Crippen LogP contribution in [0, 0.1) is 0 Å². The molecule has 0 saturated carbocycles. The maximum atomic E-state index is 11.7. The number of aromatic nitrogens is 2. The molecule has 2 heterocycles. The van der Waals surface area contributed by atoms with E-state index in [1.165, 1.54) is 6.26 Å². The van der Waals surface area contributed by atoms with E-state index in [-0.39, 0.29) is 5.25 Å². The van der Waals surface area contributed by atoms with Crippen LogP contribution in [0.5, 0.6) is 0 Å². The number of nitrogens with zero attached hydrogens (tertiary/aromatic N) is 3. The van der Waals surface area contributed by atoms with Gasteiger partial charge in [-0.3, -0.25) is 0 Å². The molecule has 6 heteroatoms. The van der Waals surface area contributed by atoms with Gasteiger partial charge < -0.3 is 4.90 Å². The molecule has 2 rings (SSSR count). The first kappa shape index (κ1) is 16.2. The molecule has 0 aliphatic carbocycles. The predicted octanol–water partition coefficient (Wildman–Crippen LogP) is 2.00. The van der Waals surface area contributed by atoms with Crippen molar-refractivity contribution < 1.29 is 8.42 Å². The largest absolute Gasteiger partial charge is 0.341 e. The Kier molecular flexibility index (Phi) is 5.19. The van der Waals surface area contributed by atoms with Gasteiger partial charge in [-0.25, -0.2) is 18.4 Å². The Morgan fingerprint density at radius 1 is 1.14 bits per heavy atom. The molecule has 1 aromatic heterocycles. The fraction of sp³-hybridized carbons (Fsp3) is 0.733. The standard InChI is InChI=1S/C15H25N3O2S/c1-4-12-11-13(5-2)17-15(16-12)18-9-6-7-14(8-10-18)21(3,19)20/h11,14H,4-10H2,1-3H3. The summed E-state index contributed by atoms with van der Waals surface area (Å²) in [7, 11) is -2.95. The van der Waals surface area contributed by atoms with Gasteiger partial charge in [-0.2, -0.15) is 0 Å². The lowest BCUT2D eigenvalue weighted by atomic mass is 10.2. The van der Waals surface area contributed by atoms with Crippen molar-refractivity contribution in [1.29, 1.82) is 0 Å². The highest BCUT2D eigenvalue weighted by molar-refractivity contribution is 7.91. The molecule has 0 spiro atoms. The Morgan fingerprint density at radius 2 is 1.76 bits per heavy atom. The number of hydrogen-bond donors (Lipinski definition) is 0. The summed E-state index contributed by atoms with van der Waals surface area (Å²) < 4.78 is 23.5. The number of sulfone groups is 1. The van der Waals surface area contributed by atoms with Gasteiger partial charge in [0, 0.05) is 30.7 Å². The molecule has 0 aromatic carbocycles. The van der Waals surface area contributed by atoms with Crippen LogP contribution >= 0.6 is 0 Å². The lowest BCUT2D eigenvalue weighted by Gasteiger charge is -2.21. The number of rotatable bonds is 4. The molecule has 0 amide bonds. The average molecular weight is 311 g/mol. The van der Waals surface area contributed by atoms with Gasteiger partial charge >= 0.3 is 0 Å². The number of aryl methyl sites for hydroxylation is 2. The fourth-order valence-corrected chi connectivity index (χ4v) is 3.86. The highest BCUT2D eigenvalue weighted by Gasteiger charge is 2.25. The van der Waals surface area contributed by atoms with Crippen molar-refractivity contribution in [3.63, 3.8) is 0 Å². The zero-order valence-corrected chi connectivity index (χ0v) is 14.0. The van der Waals surface area contributed by atoms with Gasteiger partial charge in [0.2, 0.25) is 5.95 Å². The molecule has 1 fully saturated rings. The lowest BCUT2D eigenvalue weighted by molar-refractivity contribution is 0.573. The quantitative estimate of drug-likeness (QED) is 0.851. The zero-order valence-electron chi connectivity index (χ0n) is 13.2. The van der Waals surface area contributed by atoms with Gasteiger partial charge in [0.15, 0.2) is 0 Å². The topological polar surface area (TPSA) is 63.2 Å². The molecule has 1 atom stereocenters. The van der Waals surface area contributed by atoms with Crippen molar-refractivity contribution in [2.24, 2.45) is 0 Å². The Hall–Kier alpha value is -1.17. The van der Waals surface area contributed by atoms with Crippen LogP contribution in [0.25, 0.3) is 0 Å². The summed E-state index contributed by atoms with van der Waals surface area (Å²) in [5.74, 6) is 0.764. The minimum absolute atomic E-state index is 0.220. The Bertz CT molecular complexity index is 564. The van der Waals surface area contributed by atoms with Crippen molar-refractivity contribution in [3.8, 4) is 0 Å². The first-order chi connectivity index (χ1) is 9.94. The van der Waals surface area contributed by atoms with E-state index in [1.54, 1.807) is 0 Å². The van der Waals surface area contributed by atoms with Gasteiger partial charge in [-0.15, -0.1) is 0 Å². The fourth-order valence-electron chi connectivity index (χ4n) is 2.74. The van der Waals surface area contributed by atoms with E-state index < -0.39 is 9.84 Å². The summed E-state index contributed by atoms with van der Waals surface area (Å²) in [6, 6.07) is 2.06. The van der Waals surface area contributed by atoms with Crippen LogP contribution in [0.1, 0.15) is 44.5 Å². The Balaban J connectivity index is 2.19. The Morgan fingerprint density at radius 3 is 2.29 bits per heavy atom. The van der Waals surface area contributed by atoms with Crippen molar-refractivity contribution >= 4 is 15.8 Å². The second kappa shape index (κ2) is 6.73. The third kappa shape index (κ3) is 4.15.